The van der Waals surface area contributed by atoms with Crippen LogP contribution in [0.4, 0.5) is 0 Å². The van der Waals surface area contributed by atoms with Gasteiger partial charge >= 0.3 is 0 Å². The molecule has 3 aromatic rings. The summed E-state index contributed by atoms with van der Waals surface area (Å²) in [5.41, 5.74) is 5.81. The van der Waals surface area contributed by atoms with Crippen molar-refractivity contribution in [3.8, 4) is 11.1 Å². The lowest BCUT2D eigenvalue weighted by Crippen LogP contribution is -2.40. The first kappa shape index (κ1) is 22.8. The molecular formula is C27H28Cl2N2O. The summed E-state index contributed by atoms with van der Waals surface area (Å²) in [5.74, 6) is 0.221. The molecule has 166 valence electrons. The largest absolute Gasteiger partial charge is 0.352 e. The second kappa shape index (κ2) is 10.5. The molecule has 0 saturated carbocycles. The molecule has 1 fully saturated rings. The van der Waals surface area contributed by atoms with Gasteiger partial charge in [0.1, 0.15) is 0 Å². The molecule has 0 aliphatic carbocycles. The molecule has 4 rings (SSSR count). The molecule has 1 aliphatic heterocycles. The zero-order chi connectivity index (χ0) is 22.5. The maximum absolute atomic E-state index is 12.6. The van der Waals surface area contributed by atoms with Crippen LogP contribution in [0.25, 0.3) is 11.1 Å². The Kier molecular flexibility index (Phi) is 7.51. The lowest BCUT2D eigenvalue weighted by atomic mass is 9.94. The van der Waals surface area contributed by atoms with Gasteiger partial charge in [0.15, 0.2) is 0 Å². The van der Waals surface area contributed by atoms with Crippen LogP contribution in [0.1, 0.15) is 29.5 Å². The van der Waals surface area contributed by atoms with Crippen molar-refractivity contribution in [2.75, 3.05) is 13.1 Å². The van der Waals surface area contributed by atoms with E-state index in [2.05, 4.69) is 46.6 Å². The van der Waals surface area contributed by atoms with Gasteiger partial charge in [0.05, 0.1) is 0 Å². The minimum Gasteiger partial charge on any atom is -0.352 e. The number of carbonyl (C=O) groups is 1. The predicted octanol–water partition coefficient (Wildman–Crippen LogP) is 6.50. The predicted molar refractivity (Wildman–Crippen MR) is 133 cm³/mol. The Balaban J connectivity index is 1.33. The van der Waals surface area contributed by atoms with Gasteiger partial charge in [-0.05, 0) is 78.9 Å². The van der Waals surface area contributed by atoms with Gasteiger partial charge in [0, 0.05) is 29.1 Å². The van der Waals surface area contributed by atoms with E-state index in [0.29, 0.717) is 11.6 Å². The van der Waals surface area contributed by atoms with Crippen molar-refractivity contribution < 1.29 is 4.79 Å². The van der Waals surface area contributed by atoms with Gasteiger partial charge < -0.3 is 5.32 Å². The average Bonchev–Trinajstić information content (AvgIpc) is 2.81. The molecule has 3 aromatic carbocycles. The molecule has 0 radical (unpaired) electrons. The number of piperidine rings is 1. The normalized spacial score (nSPS) is 15.0. The van der Waals surface area contributed by atoms with Crippen LogP contribution in [0.3, 0.4) is 0 Å². The van der Waals surface area contributed by atoms with Crippen LogP contribution >= 0.6 is 23.2 Å². The van der Waals surface area contributed by atoms with Crippen molar-refractivity contribution in [3.63, 3.8) is 0 Å². The van der Waals surface area contributed by atoms with E-state index in [4.69, 9.17) is 23.2 Å². The van der Waals surface area contributed by atoms with Crippen LogP contribution in [-0.4, -0.2) is 23.9 Å². The highest BCUT2D eigenvalue weighted by molar-refractivity contribution is 6.31. The van der Waals surface area contributed by atoms with E-state index >= 15 is 0 Å². The SMILES string of the molecule is Cc1ccc(-c2ccccc2CN2CCC(C(=O)NCc3ccc(Cl)cc3)CC2)cc1Cl. The maximum atomic E-state index is 12.6. The molecule has 1 N–H and O–H groups in total. The van der Waals surface area contributed by atoms with Crippen LogP contribution in [0, 0.1) is 12.8 Å². The molecular weight excluding hydrogens is 439 g/mol. The first-order valence-corrected chi connectivity index (χ1v) is 11.8. The van der Waals surface area contributed by atoms with E-state index in [-0.39, 0.29) is 11.8 Å². The van der Waals surface area contributed by atoms with E-state index in [1.807, 2.05) is 37.3 Å². The van der Waals surface area contributed by atoms with Gasteiger partial charge in [-0.2, -0.15) is 0 Å². The lowest BCUT2D eigenvalue weighted by molar-refractivity contribution is -0.126. The highest BCUT2D eigenvalue weighted by Gasteiger charge is 2.25. The first-order valence-electron chi connectivity index (χ1n) is 11.1. The molecule has 5 heteroatoms. The minimum absolute atomic E-state index is 0.0738. The van der Waals surface area contributed by atoms with Crippen molar-refractivity contribution >= 4 is 29.1 Å². The summed E-state index contributed by atoms with van der Waals surface area (Å²) in [7, 11) is 0. The van der Waals surface area contributed by atoms with Gasteiger partial charge in [-0.1, -0.05) is 71.7 Å². The molecule has 1 aliphatic rings. The Morgan fingerprint density at radius 3 is 2.44 bits per heavy atom. The number of rotatable bonds is 6. The number of halogens is 2. The fourth-order valence-electron chi connectivity index (χ4n) is 4.23. The van der Waals surface area contributed by atoms with Crippen molar-refractivity contribution in [2.24, 2.45) is 5.92 Å². The number of aryl methyl sites for hydroxylation is 1. The Morgan fingerprint density at radius 2 is 1.72 bits per heavy atom. The number of nitrogens with zero attached hydrogens (tertiary/aromatic N) is 1. The van der Waals surface area contributed by atoms with Crippen molar-refractivity contribution in [2.45, 2.75) is 32.9 Å². The summed E-state index contributed by atoms with van der Waals surface area (Å²) in [4.78, 5) is 15.1. The second-order valence-electron chi connectivity index (χ2n) is 8.52. The van der Waals surface area contributed by atoms with Gasteiger partial charge in [0.2, 0.25) is 5.91 Å². The number of amides is 1. The number of hydrogen-bond donors (Lipinski definition) is 1. The van der Waals surface area contributed by atoms with E-state index in [1.54, 1.807) is 0 Å². The lowest BCUT2D eigenvalue weighted by Gasteiger charge is -2.31. The third-order valence-electron chi connectivity index (χ3n) is 6.23. The number of likely N-dealkylation sites (tertiary alicyclic amines) is 1. The summed E-state index contributed by atoms with van der Waals surface area (Å²) >= 11 is 12.3. The summed E-state index contributed by atoms with van der Waals surface area (Å²) in [6.45, 7) is 5.28. The van der Waals surface area contributed by atoms with Crippen LogP contribution in [0.15, 0.2) is 66.7 Å². The number of benzene rings is 3. The minimum atomic E-state index is 0.0738. The molecule has 1 saturated heterocycles. The molecule has 1 amide bonds. The molecule has 0 unspecified atom stereocenters. The van der Waals surface area contributed by atoms with Gasteiger partial charge in [-0.15, -0.1) is 0 Å². The van der Waals surface area contributed by atoms with Crippen molar-refractivity contribution in [1.82, 2.24) is 10.2 Å². The smallest absolute Gasteiger partial charge is 0.223 e. The summed E-state index contributed by atoms with van der Waals surface area (Å²) < 4.78 is 0. The van der Waals surface area contributed by atoms with E-state index in [9.17, 15) is 4.79 Å². The Labute approximate surface area is 200 Å². The first-order chi connectivity index (χ1) is 15.5. The summed E-state index contributed by atoms with van der Waals surface area (Å²) in [5, 5.41) is 4.58. The van der Waals surface area contributed by atoms with Crippen molar-refractivity contribution in [3.05, 3.63) is 93.5 Å². The fourth-order valence-corrected chi connectivity index (χ4v) is 4.54. The fraction of sp³-hybridized carbons (Fsp3) is 0.296. The summed E-state index contributed by atoms with van der Waals surface area (Å²) in [6.07, 6.45) is 1.76. The monoisotopic (exact) mass is 466 g/mol. The van der Waals surface area contributed by atoms with Crippen molar-refractivity contribution in [1.29, 1.82) is 0 Å². The van der Waals surface area contributed by atoms with Crippen LogP contribution in [-0.2, 0) is 17.9 Å². The van der Waals surface area contributed by atoms with Gasteiger partial charge in [-0.25, -0.2) is 0 Å². The molecule has 32 heavy (non-hydrogen) atoms. The quantitative estimate of drug-likeness (QED) is 0.449. The van der Waals surface area contributed by atoms with E-state index < -0.39 is 0 Å². The van der Waals surface area contributed by atoms with E-state index in [1.165, 1.54) is 11.1 Å². The molecule has 0 atom stereocenters. The second-order valence-corrected chi connectivity index (χ2v) is 9.36. The topological polar surface area (TPSA) is 32.3 Å². The van der Waals surface area contributed by atoms with Gasteiger partial charge in [0.25, 0.3) is 0 Å². The molecule has 1 heterocycles. The third kappa shape index (κ3) is 5.72. The molecule has 3 nitrogen and oxygen atoms in total. The highest BCUT2D eigenvalue weighted by atomic mass is 35.5. The van der Waals surface area contributed by atoms with Crippen LogP contribution in [0.5, 0.6) is 0 Å². The van der Waals surface area contributed by atoms with E-state index in [0.717, 1.165) is 54.2 Å². The number of carbonyl (C=O) groups excluding carboxylic acids is 1. The molecule has 0 aromatic heterocycles. The van der Waals surface area contributed by atoms with Crippen LogP contribution < -0.4 is 5.32 Å². The zero-order valence-electron chi connectivity index (χ0n) is 18.3. The van der Waals surface area contributed by atoms with Gasteiger partial charge in [-0.3, -0.25) is 9.69 Å². The Hall–Kier alpha value is -2.33. The Bertz CT molecular complexity index is 1070. The molecule has 0 bridgehead atoms. The average molecular weight is 467 g/mol. The maximum Gasteiger partial charge on any atom is 0.223 e. The highest BCUT2D eigenvalue weighted by Crippen LogP contribution is 2.29. The third-order valence-corrected chi connectivity index (χ3v) is 6.89. The summed E-state index contributed by atoms with van der Waals surface area (Å²) in [6, 6.07) is 22.4. The van der Waals surface area contributed by atoms with Crippen LogP contribution in [0.2, 0.25) is 10.0 Å². The zero-order valence-corrected chi connectivity index (χ0v) is 19.8. The molecule has 0 spiro atoms. The standard InChI is InChI=1S/C27H28Cl2N2O/c1-19-6-9-22(16-26(19)29)25-5-3-2-4-23(25)18-31-14-12-21(13-15-31)27(32)30-17-20-7-10-24(28)11-8-20/h2-11,16,21H,12-15,17-18H2,1H3,(H,30,32). The number of hydrogen-bond acceptors (Lipinski definition) is 2. The number of nitrogens with one attached hydrogen (secondary N) is 1. The Morgan fingerprint density at radius 1 is 1.00 bits per heavy atom.